The minimum atomic E-state index is -0.981. The van der Waals surface area contributed by atoms with Gasteiger partial charge in [0.1, 0.15) is 0 Å². The molecule has 7 heteroatoms. The smallest absolute Gasteiger partial charge is 0.321 e. The van der Waals surface area contributed by atoms with Gasteiger partial charge in [-0.2, -0.15) is 0 Å². The van der Waals surface area contributed by atoms with E-state index in [9.17, 15) is 14.0 Å². The average molecular weight is 373 g/mol. The third-order valence-electron chi connectivity index (χ3n) is 3.49. The van der Waals surface area contributed by atoms with Crippen molar-refractivity contribution in [1.29, 1.82) is 0 Å². The number of benzene rings is 1. The van der Waals surface area contributed by atoms with Crippen molar-refractivity contribution in [3.63, 3.8) is 0 Å². The van der Waals surface area contributed by atoms with Crippen molar-refractivity contribution in [1.82, 2.24) is 10.6 Å². The van der Waals surface area contributed by atoms with Crippen LogP contribution in [0.5, 0.6) is 5.75 Å². The van der Waals surface area contributed by atoms with Crippen LogP contribution in [-0.4, -0.2) is 24.1 Å². The highest BCUT2D eigenvalue weighted by Crippen LogP contribution is 2.22. The highest BCUT2D eigenvalue weighted by molar-refractivity contribution is 9.10. The van der Waals surface area contributed by atoms with E-state index in [2.05, 4.69) is 26.6 Å². The highest BCUT2D eigenvalue weighted by atomic mass is 79.9. The van der Waals surface area contributed by atoms with Gasteiger partial charge in [-0.05, 0) is 38.0 Å². The maximum absolute atomic E-state index is 13.6. The van der Waals surface area contributed by atoms with Crippen LogP contribution in [0.15, 0.2) is 22.7 Å². The minimum Gasteiger partial charge on any atom is -0.478 e. The zero-order chi connectivity index (χ0) is 16.1. The lowest BCUT2D eigenvalue weighted by atomic mass is 10.2. The van der Waals surface area contributed by atoms with Crippen LogP contribution in [0.4, 0.5) is 9.18 Å². The quantitative estimate of drug-likeness (QED) is 0.852. The molecule has 1 fully saturated rings. The summed E-state index contributed by atoms with van der Waals surface area (Å²) in [5, 5.41) is 4.95. The fourth-order valence-corrected chi connectivity index (χ4v) is 2.65. The molecule has 120 valence electrons. The van der Waals surface area contributed by atoms with E-state index in [1.54, 1.807) is 6.07 Å². The lowest BCUT2D eigenvalue weighted by Gasteiger charge is -2.16. The molecule has 1 aromatic rings. The number of amides is 3. The van der Waals surface area contributed by atoms with Gasteiger partial charge in [0.05, 0.1) is 0 Å². The number of urea groups is 1. The van der Waals surface area contributed by atoms with Gasteiger partial charge in [-0.1, -0.05) is 28.8 Å². The highest BCUT2D eigenvalue weighted by Gasteiger charge is 2.22. The molecule has 22 heavy (non-hydrogen) atoms. The normalized spacial score (nSPS) is 16.1. The molecule has 1 aromatic carbocycles. The molecule has 0 unspecified atom stereocenters. The number of imide groups is 1. The Morgan fingerprint density at radius 1 is 1.36 bits per heavy atom. The molecule has 0 aliphatic heterocycles. The zero-order valence-corrected chi connectivity index (χ0v) is 13.8. The standard InChI is InChI=1S/C15H18BrFN2O3/c1-9(22-13-7-6-10(16)8-12(13)17)14(20)19-15(21)18-11-4-2-3-5-11/h6-9,11H,2-5H2,1H3,(H2,18,19,20,21)/t9-/m0/s1. The van der Waals surface area contributed by atoms with Gasteiger partial charge < -0.3 is 10.1 Å². The van der Waals surface area contributed by atoms with Gasteiger partial charge in [0.2, 0.25) is 0 Å². The molecule has 1 atom stereocenters. The summed E-state index contributed by atoms with van der Waals surface area (Å²) in [4.78, 5) is 23.6. The summed E-state index contributed by atoms with van der Waals surface area (Å²) >= 11 is 3.14. The average Bonchev–Trinajstić information content (AvgIpc) is 2.94. The zero-order valence-electron chi connectivity index (χ0n) is 12.2. The van der Waals surface area contributed by atoms with Crippen LogP contribution in [0.3, 0.4) is 0 Å². The number of halogens is 2. The lowest BCUT2D eigenvalue weighted by Crippen LogP contribution is -2.47. The molecule has 2 N–H and O–H groups in total. The second kappa shape index (κ2) is 7.58. The molecule has 0 heterocycles. The fourth-order valence-electron chi connectivity index (χ4n) is 2.32. The van der Waals surface area contributed by atoms with E-state index in [0.29, 0.717) is 4.47 Å². The Morgan fingerprint density at radius 3 is 2.68 bits per heavy atom. The van der Waals surface area contributed by atoms with Crippen LogP contribution >= 0.6 is 15.9 Å². The Kier molecular flexibility index (Phi) is 5.76. The number of hydrogen-bond donors (Lipinski definition) is 2. The molecule has 0 aromatic heterocycles. The SMILES string of the molecule is C[C@H](Oc1ccc(Br)cc1F)C(=O)NC(=O)NC1CCCC1. The first-order chi connectivity index (χ1) is 10.5. The number of nitrogens with one attached hydrogen (secondary N) is 2. The van der Waals surface area contributed by atoms with E-state index in [1.807, 2.05) is 0 Å². The maximum Gasteiger partial charge on any atom is 0.321 e. The van der Waals surface area contributed by atoms with Gasteiger partial charge in [0, 0.05) is 10.5 Å². The predicted molar refractivity (Wildman–Crippen MR) is 83.1 cm³/mol. The predicted octanol–water partition coefficient (Wildman–Crippen LogP) is 3.12. The first kappa shape index (κ1) is 16.7. The van der Waals surface area contributed by atoms with E-state index in [-0.39, 0.29) is 11.8 Å². The molecule has 1 aliphatic rings. The molecule has 5 nitrogen and oxygen atoms in total. The third kappa shape index (κ3) is 4.69. The summed E-state index contributed by atoms with van der Waals surface area (Å²) < 4.78 is 19.5. The van der Waals surface area contributed by atoms with Crippen molar-refractivity contribution in [3.05, 3.63) is 28.5 Å². The molecule has 0 saturated heterocycles. The third-order valence-corrected chi connectivity index (χ3v) is 3.99. The Morgan fingerprint density at radius 2 is 2.05 bits per heavy atom. The van der Waals surface area contributed by atoms with Gasteiger partial charge >= 0.3 is 6.03 Å². The Labute approximate surface area is 136 Å². The lowest BCUT2D eigenvalue weighted by molar-refractivity contribution is -0.126. The number of hydrogen-bond acceptors (Lipinski definition) is 3. The van der Waals surface area contributed by atoms with Crippen molar-refractivity contribution < 1.29 is 18.7 Å². The minimum absolute atomic E-state index is 0.0398. The molecule has 0 spiro atoms. The molecule has 0 radical (unpaired) electrons. The summed E-state index contributed by atoms with van der Waals surface area (Å²) in [5.74, 6) is -1.23. The van der Waals surface area contributed by atoms with Crippen molar-refractivity contribution in [3.8, 4) is 5.75 Å². The number of carbonyl (C=O) groups excluding carboxylic acids is 2. The molecule has 2 rings (SSSR count). The van der Waals surface area contributed by atoms with Crippen molar-refractivity contribution in [2.75, 3.05) is 0 Å². The fraction of sp³-hybridized carbons (Fsp3) is 0.467. The van der Waals surface area contributed by atoms with Gasteiger partial charge in [-0.3, -0.25) is 10.1 Å². The summed E-state index contributed by atoms with van der Waals surface area (Å²) in [6.45, 7) is 1.46. The van der Waals surface area contributed by atoms with Gasteiger partial charge in [0.25, 0.3) is 5.91 Å². The van der Waals surface area contributed by atoms with Crippen molar-refractivity contribution in [2.24, 2.45) is 0 Å². The van der Waals surface area contributed by atoms with Crippen LogP contribution in [-0.2, 0) is 4.79 Å². The first-order valence-corrected chi connectivity index (χ1v) is 7.98. The van der Waals surface area contributed by atoms with Crippen molar-refractivity contribution >= 4 is 27.9 Å². The van der Waals surface area contributed by atoms with Gasteiger partial charge in [-0.25, -0.2) is 9.18 Å². The molecule has 1 saturated carbocycles. The summed E-state index contributed by atoms with van der Waals surface area (Å²) in [6.07, 6.45) is 3.04. The molecular weight excluding hydrogens is 355 g/mol. The van der Waals surface area contributed by atoms with Crippen LogP contribution < -0.4 is 15.4 Å². The number of carbonyl (C=O) groups is 2. The maximum atomic E-state index is 13.6. The Bertz CT molecular complexity index is 562. The topological polar surface area (TPSA) is 67.4 Å². The largest absolute Gasteiger partial charge is 0.478 e. The molecule has 0 bridgehead atoms. The van der Waals surface area contributed by atoms with Crippen LogP contribution in [0.1, 0.15) is 32.6 Å². The van der Waals surface area contributed by atoms with E-state index < -0.39 is 23.9 Å². The number of rotatable bonds is 4. The van der Waals surface area contributed by atoms with Gasteiger partial charge in [0.15, 0.2) is 17.7 Å². The second-order valence-electron chi connectivity index (χ2n) is 5.28. The van der Waals surface area contributed by atoms with Crippen LogP contribution in [0, 0.1) is 5.82 Å². The van der Waals surface area contributed by atoms with Crippen LogP contribution in [0.2, 0.25) is 0 Å². The van der Waals surface area contributed by atoms with E-state index >= 15 is 0 Å². The number of ether oxygens (including phenoxy) is 1. The first-order valence-electron chi connectivity index (χ1n) is 7.19. The Balaban J connectivity index is 1.84. The van der Waals surface area contributed by atoms with E-state index in [1.165, 1.54) is 19.1 Å². The Hall–Kier alpha value is -1.63. The van der Waals surface area contributed by atoms with Gasteiger partial charge in [-0.15, -0.1) is 0 Å². The monoisotopic (exact) mass is 372 g/mol. The van der Waals surface area contributed by atoms with E-state index in [4.69, 9.17) is 4.74 Å². The van der Waals surface area contributed by atoms with E-state index in [0.717, 1.165) is 25.7 Å². The van der Waals surface area contributed by atoms with Crippen LogP contribution in [0.25, 0.3) is 0 Å². The molecular formula is C15H18BrFN2O3. The van der Waals surface area contributed by atoms with Crippen molar-refractivity contribution in [2.45, 2.75) is 44.8 Å². The molecule has 3 amide bonds. The summed E-state index contributed by atoms with van der Waals surface area (Å²) in [5.41, 5.74) is 0. The summed E-state index contributed by atoms with van der Waals surface area (Å²) in [7, 11) is 0. The summed E-state index contributed by atoms with van der Waals surface area (Å²) in [6, 6.07) is 3.85. The second-order valence-corrected chi connectivity index (χ2v) is 6.19. The molecule has 1 aliphatic carbocycles.